The Morgan fingerprint density at radius 3 is 2.71 bits per heavy atom. The fourth-order valence-electron chi connectivity index (χ4n) is 3.52. The summed E-state index contributed by atoms with van der Waals surface area (Å²) in [7, 11) is 0. The van der Waals surface area contributed by atoms with E-state index in [1.807, 2.05) is 20.0 Å². The molecule has 3 unspecified atom stereocenters. The van der Waals surface area contributed by atoms with Crippen molar-refractivity contribution in [2.75, 3.05) is 18.0 Å². The third kappa shape index (κ3) is 3.69. The van der Waals surface area contributed by atoms with Crippen molar-refractivity contribution < 1.29 is 9.53 Å². The van der Waals surface area contributed by atoms with E-state index in [0.29, 0.717) is 0 Å². The van der Waals surface area contributed by atoms with Crippen LogP contribution in [0.3, 0.4) is 0 Å². The number of carbonyl (C=O) groups excluding carboxylic acids is 1. The predicted molar refractivity (Wildman–Crippen MR) is 92.9 cm³/mol. The van der Waals surface area contributed by atoms with E-state index in [-0.39, 0.29) is 30.1 Å². The summed E-state index contributed by atoms with van der Waals surface area (Å²) >= 11 is 0. The molecule has 1 aromatic heterocycles. The Kier molecular flexibility index (Phi) is 5.04. The SMILES string of the molecule is CC1CN(c2ncc3c(n2)CCCC3NC(=O)C(C)C)CC(C)O1. The molecule has 1 aliphatic carbocycles. The van der Waals surface area contributed by atoms with Crippen molar-refractivity contribution in [3.8, 4) is 0 Å². The number of aryl methyl sites for hydroxylation is 1. The number of hydrogen-bond acceptors (Lipinski definition) is 5. The summed E-state index contributed by atoms with van der Waals surface area (Å²) in [6.07, 6.45) is 5.24. The van der Waals surface area contributed by atoms with Gasteiger partial charge in [-0.2, -0.15) is 0 Å². The van der Waals surface area contributed by atoms with Gasteiger partial charge in [0.15, 0.2) is 0 Å². The normalized spacial score (nSPS) is 27.0. The van der Waals surface area contributed by atoms with Crippen LogP contribution in [0.1, 0.15) is 57.8 Å². The van der Waals surface area contributed by atoms with Crippen molar-refractivity contribution in [3.63, 3.8) is 0 Å². The number of fused-ring (bicyclic) bond motifs is 1. The van der Waals surface area contributed by atoms with Crippen molar-refractivity contribution in [1.29, 1.82) is 0 Å². The first kappa shape index (κ1) is 17.1. The average Bonchev–Trinajstić information content (AvgIpc) is 2.53. The molecule has 0 radical (unpaired) electrons. The molecule has 132 valence electrons. The highest BCUT2D eigenvalue weighted by atomic mass is 16.5. The number of aromatic nitrogens is 2. The highest BCUT2D eigenvalue weighted by Crippen LogP contribution is 2.30. The van der Waals surface area contributed by atoms with Gasteiger partial charge in [-0.15, -0.1) is 0 Å². The van der Waals surface area contributed by atoms with E-state index in [0.717, 1.165) is 49.6 Å². The van der Waals surface area contributed by atoms with Gasteiger partial charge in [0.25, 0.3) is 0 Å². The quantitative estimate of drug-likeness (QED) is 0.919. The summed E-state index contributed by atoms with van der Waals surface area (Å²) in [5.74, 6) is 0.867. The highest BCUT2D eigenvalue weighted by Gasteiger charge is 2.28. The van der Waals surface area contributed by atoms with Crippen LogP contribution < -0.4 is 10.2 Å². The zero-order valence-electron chi connectivity index (χ0n) is 15.1. The van der Waals surface area contributed by atoms with Gasteiger partial charge < -0.3 is 15.0 Å². The lowest BCUT2D eigenvalue weighted by atomic mass is 9.92. The van der Waals surface area contributed by atoms with Gasteiger partial charge in [-0.3, -0.25) is 4.79 Å². The van der Waals surface area contributed by atoms with E-state index in [2.05, 4.69) is 29.0 Å². The maximum absolute atomic E-state index is 12.0. The van der Waals surface area contributed by atoms with Crippen LogP contribution in [0.4, 0.5) is 5.95 Å². The zero-order valence-corrected chi connectivity index (χ0v) is 15.1. The Morgan fingerprint density at radius 1 is 1.33 bits per heavy atom. The molecule has 0 spiro atoms. The molecule has 1 aliphatic heterocycles. The molecule has 3 atom stereocenters. The van der Waals surface area contributed by atoms with Gasteiger partial charge >= 0.3 is 0 Å². The van der Waals surface area contributed by atoms with Gasteiger partial charge in [-0.1, -0.05) is 13.8 Å². The minimum atomic E-state index is -0.00751. The van der Waals surface area contributed by atoms with E-state index in [1.54, 1.807) is 0 Å². The van der Waals surface area contributed by atoms with Crippen molar-refractivity contribution in [1.82, 2.24) is 15.3 Å². The third-order valence-corrected chi connectivity index (χ3v) is 4.71. The summed E-state index contributed by atoms with van der Waals surface area (Å²) in [4.78, 5) is 23.6. The summed E-state index contributed by atoms with van der Waals surface area (Å²) in [6.45, 7) is 9.63. The van der Waals surface area contributed by atoms with Crippen LogP contribution in [0.2, 0.25) is 0 Å². The van der Waals surface area contributed by atoms with Gasteiger partial charge in [0.05, 0.1) is 23.9 Å². The van der Waals surface area contributed by atoms with Gasteiger partial charge in [0.2, 0.25) is 11.9 Å². The summed E-state index contributed by atoms with van der Waals surface area (Å²) in [5.41, 5.74) is 2.15. The Bertz CT molecular complexity index is 595. The second-order valence-electron chi connectivity index (χ2n) is 7.34. The molecule has 0 aromatic carbocycles. The molecule has 1 aromatic rings. The van der Waals surface area contributed by atoms with Gasteiger partial charge in [0, 0.05) is 30.8 Å². The number of carbonyl (C=O) groups is 1. The van der Waals surface area contributed by atoms with E-state index < -0.39 is 0 Å². The molecule has 3 rings (SSSR count). The monoisotopic (exact) mass is 332 g/mol. The molecule has 0 bridgehead atoms. The maximum Gasteiger partial charge on any atom is 0.225 e. The van der Waals surface area contributed by atoms with E-state index in [4.69, 9.17) is 9.72 Å². The molecule has 2 heterocycles. The van der Waals surface area contributed by atoms with Crippen LogP contribution >= 0.6 is 0 Å². The van der Waals surface area contributed by atoms with Crippen LogP contribution in [0.25, 0.3) is 0 Å². The third-order valence-electron chi connectivity index (χ3n) is 4.71. The fraction of sp³-hybridized carbons (Fsp3) is 0.722. The van der Waals surface area contributed by atoms with Crippen LogP contribution in [-0.4, -0.2) is 41.2 Å². The standard InChI is InChI=1S/C18H28N4O2/c1-11(2)17(23)20-15-6-5-7-16-14(15)8-19-18(21-16)22-9-12(3)24-13(4)10-22/h8,11-13,15H,5-7,9-10H2,1-4H3,(H,20,23). The fourth-order valence-corrected chi connectivity index (χ4v) is 3.52. The lowest BCUT2D eigenvalue weighted by molar-refractivity contribution is -0.124. The van der Waals surface area contributed by atoms with Crippen molar-refractivity contribution in [2.24, 2.45) is 5.92 Å². The number of nitrogens with one attached hydrogen (secondary N) is 1. The van der Waals surface area contributed by atoms with E-state index in [9.17, 15) is 4.79 Å². The van der Waals surface area contributed by atoms with Crippen molar-refractivity contribution in [3.05, 3.63) is 17.5 Å². The van der Waals surface area contributed by atoms with Crippen LogP contribution in [0.15, 0.2) is 6.20 Å². The average molecular weight is 332 g/mol. The van der Waals surface area contributed by atoms with E-state index in [1.165, 1.54) is 0 Å². The summed E-state index contributed by atoms with van der Waals surface area (Å²) in [6, 6.07) is 0.0419. The number of morpholine rings is 1. The predicted octanol–water partition coefficient (Wildman–Crippen LogP) is 2.24. The van der Waals surface area contributed by atoms with Gasteiger partial charge in [-0.05, 0) is 33.1 Å². The second-order valence-corrected chi connectivity index (χ2v) is 7.34. The molecule has 2 aliphatic rings. The second kappa shape index (κ2) is 7.05. The lowest BCUT2D eigenvalue weighted by Crippen LogP contribution is -2.46. The Labute approximate surface area is 144 Å². The first-order valence-electron chi connectivity index (χ1n) is 9.00. The molecule has 1 N–H and O–H groups in total. The summed E-state index contributed by atoms with van der Waals surface area (Å²) in [5, 5.41) is 3.14. The van der Waals surface area contributed by atoms with Crippen LogP contribution in [0.5, 0.6) is 0 Å². The maximum atomic E-state index is 12.0. The highest BCUT2D eigenvalue weighted by molar-refractivity contribution is 5.78. The van der Waals surface area contributed by atoms with Gasteiger partial charge in [-0.25, -0.2) is 9.97 Å². The van der Waals surface area contributed by atoms with Crippen LogP contribution in [-0.2, 0) is 16.0 Å². The van der Waals surface area contributed by atoms with Crippen LogP contribution in [0, 0.1) is 5.92 Å². The number of anilines is 1. The van der Waals surface area contributed by atoms with E-state index >= 15 is 0 Å². The number of amides is 1. The molecule has 24 heavy (non-hydrogen) atoms. The molecular formula is C18H28N4O2. The molecule has 0 saturated carbocycles. The Morgan fingerprint density at radius 2 is 2.04 bits per heavy atom. The first-order chi connectivity index (χ1) is 11.4. The molecule has 1 fully saturated rings. The van der Waals surface area contributed by atoms with Crippen molar-refractivity contribution >= 4 is 11.9 Å². The topological polar surface area (TPSA) is 67.4 Å². The molecule has 1 saturated heterocycles. The Hall–Kier alpha value is -1.69. The molecule has 1 amide bonds. The number of ether oxygens (including phenoxy) is 1. The number of rotatable bonds is 3. The summed E-state index contributed by atoms with van der Waals surface area (Å²) < 4.78 is 5.79. The lowest BCUT2D eigenvalue weighted by Gasteiger charge is -2.36. The van der Waals surface area contributed by atoms with Crippen molar-refractivity contribution in [2.45, 2.75) is 65.2 Å². The minimum absolute atomic E-state index is 0.00751. The zero-order chi connectivity index (χ0) is 17.3. The minimum Gasteiger partial charge on any atom is -0.372 e. The molecular weight excluding hydrogens is 304 g/mol. The molecule has 6 heteroatoms. The van der Waals surface area contributed by atoms with Gasteiger partial charge in [0.1, 0.15) is 0 Å². The largest absolute Gasteiger partial charge is 0.372 e. The smallest absolute Gasteiger partial charge is 0.225 e. The first-order valence-corrected chi connectivity index (χ1v) is 9.00. The molecule has 6 nitrogen and oxygen atoms in total. The Balaban J connectivity index is 1.79. The number of hydrogen-bond donors (Lipinski definition) is 1. The number of nitrogens with zero attached hydrogens (tertiary/aromatic N) is 3.